The zero-order chi connectivity index (χ0) is 18.7. The molecule has 26 heavy (non-hydrogen) atoms. The number of likely N-dealkylation sites (tertiary alicyclic amines) is 1. The smallest absolute Gasteiger partial charge is 0.224 e. The number of pyridine rings is 1. The molecule has 1 aliphatic heterocycles. The first kappa shape index (κ1) is 18.6. The molecule has 1 fully saturated rings. The summed E-state index contributed by atoms with van der Waals surface area (Å²) < 4.78 is 25.9. The lowest BCUT2D eigenvalue weighted by molar-refractivity contribution is -0.132. The molecule has 2 aromatic rings. The van der Waals surface area contributed by atoms with Crippen LogP contribution in [-0.2, 0) is 21.2 Å². The number of carbonyl (C=O) groups is 1. The van der Waals surface area contributed by atoms with E-state index < -0.39 is 9.84 Å². The molecule has 0 saturated carbocycles. The molecule has 0 aliphatic carbocycles. The largest absolute Gasteiger partial charge is 0.342 e. The van der Waals surface area contributed by atoms with Crippen LogP contribution in [0, 0.1) is 6.92 Å². The van der Waals surface area contributed by atoms with Crippen LogP contribution in [0.15, 0.2) is 35.5 Å². The van der Waals surface area contributed by atoms with Gasteiger partial charge in [-0.25, -0.2) is 8.42 Å². The summed E-state index contributed by atoms with van der Waals surface area (Å²) in [6.07, 6.45) is 6.61. The van der Waals surface area contributed by atoms with Gasteiger partial charge < -0.3 is 4.90 Å². The molecule has 0 bridgehead atoms. The van der Waals surface area contributed by atoms with Crippen molar-refractivity contribution in [3.05, 3.63) is 42.0 Å². The number of aryl methyl sites for hydroxylation is 2. The van der Waals surface area contributed by atoms with Crippen molar-refractivity contribution in [1.82, 2.24) is 19.7 Å². The van der Waals surface area contributed by atoms with Crippen LogP contribution in [0.3, 0.4) is 0 Å². The highest BCUT2D eigenvalue weighted by Gasteiger charge is 2.29. The molecular weight excluding hydrogens is 352 g/mol. The fraction of sp³-hybridized carbons (Fsp3) is 0.500. The fourth-order valence-electron chi connectivity index (χ4n) is 3.44. The number of aromatic nitrogens is 3. The zero-order valence-corrected chi connectivity index (χ0v) is 15.9. The molecule has 8 heteroatoms. The predicted molar refractivity (Wildman–Crippen MR) is 97.5 cm³/mol. The molecule has 3 rings (SSSR count). The summed E-state index contributed by atoms with van der Waals surface area (Å²) in [5.74, 6) is 0.0199. The summed E-state index contributed by atoms with van der Waals surface area (Å²) in [7, 11) is -3.34. The molecule has 1 aliphatic rings. The van der Waals surface area contributed by atoms with Gasteiger partial charge in [-0.1, -0.05) is 0 Å². The minimum Gasteiger partial charge on any atom is -0.342 e. The molecule has 0 aromatic carbocycles. The Morgan fingerprint density at radius 3 is 2.81 bits per heavy atom. The lowest BCUT2D eigenvalue weighted by atomic mass is 9.94. The van der Waals surface area contributed by atoms with Crippen molar-refractivity contribution < 1.29 is 13.2 Å². The third-order valence-corrected chi connectivity index (χ3v) is 5.97. The zero-order valence-electron chi connectivity index (χ0n) is 15.1. The Morgan fingerprint density at radius 1 is 1.31 bits per heavy atom. The predicted octanol–water partition coefficient (Wildman–Crippen LogP) is 1.79. The minimum atomic E-state index is -3.34. The molecule has 0 unspecified atom stereocenters. The highest BCUT2D eigenvalue weighted by atomic mass is 32.2. The highest BCUT2D eigenvalue weighted by Crippen LogP contribution is 2.30. The fourth-order valence-corrected chi connectivity index (χ4v) is 4.37. The minimum absolute atomic E-state index is 0.0509. The monoisotopic (exact) mass is 376 g/mol. The maximum Gasteiger partial charge on any atom is 0.224 e. The Hall–Kier alpha value is -2.22. The first-order valence-corrected chi connectivity index (χ1v) is 10.7. The summed E-state index contributed by atoms with van der Waals surface area (Å²) in [6, 6.07) is 5.14. The molecule has 1 saturated heterocycles. The number of amides is 1. The Morgan fingerprint density at radius 2 is 2.12 bits per heavy atom. The summed E-state index contributed by atoms with van der Waals surface area (Å²) >= 11 is 0. The normalized spacial score (nSPS) is 18.1. The van der Waals surface area contributed by atoms with Crippen LogP contribution in [-0.4, -0.2) is 53.3 Å². The number of hydrogen-bond acceptors (Lipinski definition) is 5. The van der Waals surface area contributed by atoms with Gasteiger partial charge in [-0.3, -0.25) is 14.5 Å². The molecule has 2 aromatic heterocycles. The van der Waals surface area contributed by atoms with Crippen LogP contribution >= 0.6 is 0 Å². The lowest BCUT2D eigenvalue weighted by Gasteiger charge is -2.33. The van der Waals surface area contributed by atoms with Gasteiger partial charge in [0.25, 0.3) is 0 Å². The second-order valence-electron chi connectivity index (χ2n) is 6.78. The Labute approximate surface area is 154 Å². The third kappa shape index (κ3) is 4.12. The van der Waals surface area contributed by atoms with E-state index >= 15 is 0 Å². The number of piperidine rings is 1. The number of sulfone groups is 1. The van der Waals surface area contributed by atoms with Crippen LogP contribution in [0.4, 0.5) is 0 Å². The second kappa shape index (κ2) is 7.57. The van der Waals surface area contributed by atoms with Crippen LogP contribution in [0.2, 0.25) is 0 Å². The van der Waals surface area contributed by atoms with Gasteiger partial charge in [0.1, 0.15) is 0 Å². The van der Waals surface area contributed by atoms with E-state index in [0.717, 1.165) is 18.5 Å². The van der Waals surface area contributed by atoms with Gasteiger partial charge in [-0.2, -0.15) is 5.10 Å². The molecule has 1 amide bonds. The van der Waals surface area contributed by atoms with E-state index in [0.29, 0.717) is 31.7 Å². The Bertz CT molecular complexity index is 891. The topological polar surface area (TPSA) is 85.2 Å². The van der Waals surface area contributed by atoms with Gasteiger partial charge in [-0.05, 0) is 38.0 Å². The van der Waals surface area contributed by atoms with E-state index in [1.54, 1.807) is 24.5 Å². The van der Waals surface area contributed by atoms with E-state index in [-0.39, 0.29) is 16.7 Å². The van der Waals surface area contributed by atoms with Crippen molar-refractivity contribution in [2.75, 3.05) is 19.3 Å². The van der Waals surface area contributed by atoms with Gasteiger partial charge in [0, 0.05) is 56.3 Å². The van der Waals surface area contributed by atoms with E-state index in [2.05, 4.69) is 10.1 Å². The summed E-state index contributed by atoms with van der Waals surface area (Å²) in [6.45, 7) is 3.73. The van der Waals surface area contributed by atoms with Crippen molar-refractivity contribution in [2.45, 2.75) is 43.5 Å². The molecule has 0 N–H and O–H groups in total. The summed E-state index contributed by atoms with van der Waals surface area (Å²) in [4.78, 5) is 19.0. The van der Waals surface area contributed by atoms with E-state index in [1.807, 2.05) is 22.6 Å². The van der Waals surface area contributed by atoms with Crippen molar-refractivity contribution >= 4 is 15.7 Å². The molecule has 7 nitrogen and oxygen atoms in total. The number of carbonyl (C=O) groups excluding carboxylic acids is 1. The molecule has 3 heterocycles. The van der Waals surface area contributed by atoms with Gasteiger partial charge in [-0.15, -0.1) is 0 Å². The van der Waals surface area contributed by atoms with E-state index in [9.17, 15) is 13.2 Å². The number of rotatable bonds is 5. The average molecular weight is 376 g/mol. The summed E-state index contributed by atoms with van der Waals surface area (Å²) in [5.41, 5.74) is 1.61. The maximum atomic E-state index is 12.6. The standard InChI is InChI=1S/C18H24N4O3S/c1-14-7-10-20-22(14)12-8-17(23)21-11-4-5-15(13-21)18-16(26(2,24)25)6-3-9-19-18/h3,6-7,9-10,15H,4-5,8,11-13H2,1-2H3/t15-/m0/s1. The Kier molecular flexibility index (Phi) is 5.41. The third-order valence-electron chi connectivity index (χ3n) is 4.83. The number of hydrogen-bond donors (Lipinski definition) is 0. The first-order chi connectivity index (χ1) is 12.4. The summed E-state index contributed by atoms with van der Waals surface area (Å²) in [5, 5.41) is 4.20. The van der Waals surface area contributed by atoms with E-state index in [1.165, 1.54) is 6.26 Å². The Balaban J connectivity index is 1.70. The second-order valence-corrected chi connectivity index (χ2v) is 8.77. The van der Waals surface area contributed by atoms with Crippen LogP contribution in [0.25, 0.3) is 0 Å². The van der Waals surface area contributed by atoms with Crippen LogP contribution in [0.5, 0.6) is 0 Å². The van der Waals surface area contributed by atoms with Crippen molar-refractivity contribution in [3.8, 4) is 0 Å². The van der Waals surface area contributed by atoms with Gasteiger partial charge >= 0.3 is 0 Å². The van der Waals surface area contributed by atoms with Crippen molar-refractivity contribution in [1.29, 1.82) is 0 Å². The van der Waals surface area contributed by atoms with Crippen LogP contribution < -0.4 is 0 Å². The van der Waals surface area contributed by atoms with Crippen LogP contribution in [0.1, 0.15) is 36.6 Å². The maximum absolute atomic E-state index is 12.6. The van der Waals surface area contributed by atoms with Crippen molar-refractivity contribution in [2.24, 2.45) is 0 Å². The van der Waals surface area contributed by atoms with Gasteiger partial charge in [0.05, 0.1) is 10.6 Å². The molecule has 140 valence electrons. The van der Waals surface area contributed by atoms with E-state index in [4.69, 9.17) is 0 Å². The van der Waals surface area contributed by atoms with Gasteiger partial charge in [0.2, 0.25) is 5.91 Å². The number of nitrogens with zero attached hydrogens (tertiary/aromatic N) is 4. The lowest BCUT2D eigenvalue weighted by Crippen LogP contribution is -2.40. The average Bonchev–Trinajstić information content (AvgIpc) is 3.04. The first-order valence-electron chi connectivity index (χ1n) is 8.77. The molecule has 0 radical (unpaired) electrons. The highest BCUT2D eigenvalue weighted by molar-refractivity contribution is 7.90. The SMILES string of the molecule is Cc1ccnn1CCC(=O)N1CCC[C@H](c2ncccc2S(C)(=O)=O)C1. The molecule has 1 atom stereocenters. The van der Waals surface area contributed by atoms with Gasteiger partial charge in [0.15, 0.2) is 9.84 Å². The quantitative estimate of drug-likeness (QED) is 0.794. The molecular formula is C18H24N4O3S. The van der Waals surface area contributed by atoms with Crippen molar-refractivity contribution in [3.63, 3.8) is 0 Å². The molecule has 0 spiro atoms.